The zero-order valence-electron chi connectivity index (χ0n) is 14.6. The van der Waals surface area contributed by atoms with Crippen LogP contribution in [0, 0.1) is 5.41 Å². The molecule has 130 valence electrons. The summed E-state index contributed by atoms with van der Waals surface area (Å²) in [4.78, 5) is 37.1. The second-order valence-electron chi connectivity index (χ2n) is 6.98. The molecule has 1 spiro atoms. The molecule has 2 amide bonds. The van der Waals surface area contributed by atoms with Gasteiger partial charge < -0.3 is 9.80 Å². The Kier molecular flexibility index (Phi) is 4.83. The Balaban J connectivity index is 1.72. The minimum atomic E-state index is 0.0108. The van der Waals surface area contributed by atoms with Gasteiger partial charge in [0, 0.05) is 56.8 Å². The van der Waals surface area contributed by atoms with Crippen molar-refractivity contribution < 1.29 is 9.59 Å². The molecule has 1 unspecified atom stereocenters. The molecule has 3 rings (SSSR count). The highest BCUT2D eigenvalue weighted by Gasteiger charge is 2.42. The third-order valence-corrected chi connectivity index (χ3v) is 5.35. The van der Waals surface area contributed by atoms with Gasteiger partial charge in [-0.25, -0.2) is 9.97 Å². The van der Waals surface area contributed by atoms with Gasteiger partial charge in [-0.2, -0.15) is 0 Å². The Bertz CT molecular complexity index is 616. The Morgan fingerprint density at radius 2 is 1.96 bits per heavy atom. The van der Waals surface area contributed by atoms with Gasteiger partial charge in [-0.3, -0.25) is 9.59 Å². The standard InChI is InChI=1S/C18H26N4O2/c1-3-15-19-10-14(11-20-15)17(24)22-9-5-7-18(13-22)8-6-16(23)21(4-2)12-18/h10-11H,3-9,12-13H2,1-2H3. The minimum Gasteiger partial charge on any atom is -0.342 e. The van der Waals surface area contributed by atoms with Crippen molar-refractivity contribution in [2.45, 2.75) is 46.0 Å². The predicted molar refractivity (Wildman–Crippen MR) is 90.5 cm³/mol. The lowest BCUT2D eigenvalue weighted by molar-refractivity contribution is -0.138. The molecule has 2 aliphatic rings. The van der Waals surface area contributed by atoms with E-state index in [0.717, 1.165) is 57.7 Å². The van der Waals surface area contributed by atoms with Crippen molar-refractivity contribution in [3.05, 3.63) is 23.8 Å². The predicted octanol–water partition coefficient (Wildman–Crippen LogP) is 1.90. The van der Waals surface area contributed by atoms with E-state index in [1.54, 1.807) is 12.4 Å². The monoisotopic (exact) mass is 330 g/mol. The molecule has 3 heterocycles. The molecule has 0 aliphatic carbocycles. The van der Waals surface area contributed by atoms with Gasteiger partial charge in [0.25, 0.3) is 5.91 Å². The van der Waals surface area contributed by atoms with Crippen LogP contribution < -0.4 is 0 Å². The first-order valence-electron chi connectivity index (χ1n) is 8.95. The van der Waals surface area contributed by atoms with E-state index in [1.807, 2.05) is 23.6 Å². The van der Waals surface area contributed by atoms with E-state index < -0.39 is 0 Å². The van der Waals surface area contributed by atoms with Crippen molar-refractivity contribution in [2.24, 2.45) is 5.41 Å². The highest BCUT2D eigenvalue weighted by molar-refractivity contribution is 5.93. The number of hydrogen-bond acceptors (Lipinski definition) is 4. The topological polar surface area (TPSA) is 66.4 Å². The average molecular weight is 330 g/mol. The molecule has 1 aromatic heterocycles. The fraction of sp³-hybridized carbons (Fsp3) is 0.667. The zero-order valence-corrected chi connectivity index (χ0v) is 14.6. The van der Waals surface area contributed by atoms with Crippen LogP contribution in [0.4, 0.5) is 0 Å². The zero-order chi connectivity index (χ0) is 17.2. The lowest BCUT2D eigenvalue weighted by Gasteiger charge is -2.48. The van der Waals surface area contributed by atoms with Crippen LogP contribution >= 0.6 is 0 Å². The van der Waals surface area contributed by atoms with Crippen molar-refractivity contribution in [3.63, 3.8) is 0 Å². The van der Waals surface area contributed by atoms with E-state index in [-0.39, 0.29) is 17.2 Å². The SMILES string of the molecule is CCc1ncc(C(=O)N2CCCC3(CCC(=O)N(CC)C3)C2)cn1. The molecule has 0 bridgehead atoms. The molecule has 1 atom stereocenters. The summed E-state index contributed by atoms with van der Waals surface area (Å²) in [6.07, 6.45) is 7.61. The molecular weight excluding hydrogens is 304 g/mol. The highest BCUT2D eigenvalue weighted by Crippen LogP contribution is 2.39. The number of rotatable bonds is 3. The minimum absolute atomic E-state index is 0.0108. The van der Waals surface area contributed by atoms with E-state index >= 15 is 0 Å². The third kappa shape index (κ3) is 3.28. The molecule has 0 saturated carbocycles. The summed E-state index contributed by atoms with van der Waals surface area (Å²) in [5.41, 5.74) is 0.616. The molecule has 2 saturated heterocycles. The van der Waals surface area contributed by atoms with Crippen LogP contribution in [0.5, 0.6) is 0 Å². The summed E-state index contributed by atoms with van der Waals surface area (Å²) >= 11 is 0. The van der Waals surface area contributed by atoms with Gasteiger partial charge in [-0.1, -0.05) is 6.92 Å². The highest BCUT2D eigenvalue weighted by atomic mass is 16.2. The molecule has 6 nitrogen and oxygen atoms in total. The number of carbonyl (C=O) groups is 2. The Morgan fingerprint density at radius 1 is 1.21 bits per heavy atom. The van der Waals surface area contributed by atoms with Crippen LogP contribution in [-0.2, 0) is 11.2 Å². The molecule has 0 N–H and O–H groups in total. The van der Waals surface area contributed by atoms with E-state index in [0.29, 0.717) is 12.0 Å². The van der Waals surface area contributed by atoms with Crippen molar-refractivity contribution in [3.8, 4) is 0 Å². The molecule has 1 aromatic rings. The first-order valence-corrected chi connectivity index (χ1v) is 8.95. The maximum atomic E-state index is 12.8. The molecule has 0 radical (unpaired) electrons. The van der Waals surface area contributed by atoms with Crippen LogP contribution in [0.25, 0.3) is 0 Å². The largest absolute Gasteiger partial charge is 0.342 e. The normalized spacial score (nSPS) is 24.5. The van der Waals surface area contributed by atoms with Gasteiger partial charge in [0.05, 0.1) is 5.56 Å². The Morgan fingerprint density at radius 3 is 2.62 bits per heavy atom. The number of amides is 2. The van der Waals surface area contributed by atoms with Crippen molar-refractivity contribution in [2.75, 3.05) is 26.2 Å². The number of carbonyl (C=O) groups excluding carboxylic acids is 2. The summed E-state index contributed by atoms with van der Waals surface area (Å²) in [7, 11) is 0. The van der Waals surface area contributed by atoms with Crippen LogP contribution in [0.2, 0.25) is 0 Å². The molecule has 2 fully saturated rings. The summed E-state index contributed by atoms with van der Waals surface area (Å²) < 4.78 is 0. The molecule has 24 heavy (non-hydrogen) atoms. The first kappa shape index (κ1) is 16.9. The smallest absolute Gasteiger partial charge is 0.257 e. The lowest BCUT2D eigenvalue weighted by Crippen LogP contribution is -2.55. The van der Waals surface area contributed by atoms with Crippen molar-refractivity contribution in [1.29, 1.82) is 0 Å². The third-order valence-electron chi connectivity index (χ3n) is 5.35. The van der Waals surface area contributed by atoms with Crippen molar-refractivity contribution in [1.82, 2.24) is 19.8 Å². The number of aromatic nitrogens is 2. The summed E-state index contributed by atoms with van der Waals surface area (Å²) in [5, 5.41) is 0. The second-order valence-corrected chi connectivity index (χ2v) is 6.98. The Hall–Kier alpha value is -1.98. The second kappa shape index (κ2) is 6.87. The van der Waals surface area contributed by atoms with Crippen LogP contribution in [0.3, 0.4) is 0 Å². The molecular formula is C18H26N4O2. The van der Waals surface area contributed by atoms with Gasteiger partial charge in [-0.05, 0) is 26.2 Å². The number of hydrogen-bond donors (Lipinski definition) is 0. The number of piperidine rings is 2. The maximum Gasteiger partial charge on any atom is 0.257 e. The van der Waals surface area contributed by atoms with Gasteiger partial charge in [0.2, 0.25) is 5.91 Å². The van der Waals surface area contributed by atoms with E-state index in [4.69, 9.17) is 0 Å². The summed E-state index contributed by atoms with van der Waals surface area (Å²) in [5.74, 6) is 1.01. The van der Waals surface area contributed by atoms with Gasteiger partial charge in [0.15, 0.2) is 0 Å². The number of likely N-dealkylation sites (tertiary alicyclic amines) is 2. The van der Waals surface area contributed by atoms with E-state index in [2.05, 4.69) is 9.97 Å². The van der Waals surface area contributed by atoms with Crippen LogP contribution in [-0.4, -0.2) is 57.8 Å². The van der Waals surface area contributed by atoms with Crippen LogP contribution in [0.15, 0.2) is 12.4 Å². The maximum absolute atomic E-state index is 12.8. The van der Waals surface area contributed by atoms with E-state index in [1.165, 1.54) is 0 Å². The fourth-order valence-electron chi connectivity index (χ4n) is 3.94. The number of nitrogens with zero attached hydrogens (tertiary/aromatic N) is 4. The lowest BCUT2D eigenvalue weighted by atomic mass is 9.73. The van der Waals surface area contributed by atoms with Crippen molar-refractivity contribution >= 4 is 11.8 Å². The molecule has 0 aromatic carbocycles. The van der Waals surface area contributed by atoms with Gasteiger partial charge in [-0.15, -0.1) is 0 Å². The van der Waals surface area contributed by atoms with E-state index in [9.17, 15) is 9.59 Å². The molecule has 6 heteroatoms. The van der Waals surface area contributed by atoms with Gasteiger partial charge >= 0.3 is 0 Å². The van der Waals surface area contributed by atoms with Crippen LogP contribution in [0.1, 0.15) is 55.7 Å². The Labute approximate surface area is 143 Å². The molecule has 2 aliphatic heterocycles. The summed E-state index contributed by atoms with van der Waals surface area (Å²) in [6.45, 7) is 7.05. The quantitative estimate of drug-likeness (QED) is 0.849. The van der Waals surface area contributed by atoms with Gasteiger partial charge in [0.1, 0.15) is 5.82 Å². The average Bonchev–Trinajstić information content (AvgIpc) is 2.63. The fourth-order valence-corrected chi connectivity index (χ4v) is 3.94. The number of aryl methyl sites for hydroxylation is 1. The first-order chi connectivity index (χ1) is 11.6. The summed E-state index contributed by atoms with van der Waals surface area (Å²) in [6, 6.07) is 0.